The molecule has 0 bridgehead atoms. The van der Waals surface area contributed by atoms with Crippen molar-refractivity contribution in [2.75, 3.05) is 27.2 Å². The first-order valence-corrected chi connectivity index (χ1v) is 9.41. The molecule has 0 aliphatic carbocycles. The Hall–Kier alpha value is -2.72. The van der Waals surface area contributed by atoms with Gasteiger partial charge in [-0.1, -0.05) is 54.1 Å². The quantitative estimate of drug-likeness (QED) is 0.715. The number of fused-ring (bicyclic) bond motifs is 1. The molecule has 2 aromatic carbocycles. The van der Waals surface area contributed by atoms with Crippen molar-refractivity contribution in [1.29, 1.82) is 0 Å². The Morgan fingerprint density at radius 3 is 2.48 bits per heavy atom. The molecule has 2 heterocycles. The topological polar surface area (TPSA) is 36.4 Å². The van der Waals surface area contributed by atoms with Gasteiger partial charge in [-0.2, -0.15) is 0 Å². The molecular formula is C23H25N3O. The molecule has 1 aromatic heterocycles. The molecule has 1 fully saturated rings. The van der Waals surface area contributed by atoms with E-state index in [0.717, 1.165) is 24.0 Å². The molecule has 27 heavy (non-hydrogen) atoms. The summed E-state index contributed by atoms with van der Waals surface area (Å²) in [5.41, 5.74) is 3.94. The Morgan fingerprint density at radius 1 is 1.00 bits per heavy atom. The zero-order valence-corrected chi connectivity index (χ0v) is 16.1. The molecule has 2 atom stereocenters. The molecule has 0 radical (unpaired) electrons. The highest BCUT2D eigenvalue weighted by molar-refractivity contribution is 5.95. The number of rotatable bonds is 3. The molecule has 1 aliphatic heterocycles. The third-order valence-corrected chi connectivity index (χ3v) is 5.56. The Kier molecular flexibility index (Phi) is 4.66. The maximum absolute atomic E-state index is 13.1. The normalized spacial score (nSPS) is 19.8. The van der Waals surface area contributed by atoms with E-state index in [1.807, 2.05) is 41.3 Å². The highest BCUT2D eigenvalue weighted by Gasteiger charge is 2.37. The van der Waals surface area contributed by atoms with Crippen molar-refractivity contribution in [3.05, 3.63) is 77.5 Å². The largest absolute Gasteiger partial charge is 0.335 e. The standard InChI is InChI=1S/C23H25N3O/c1-16-8-10-17(11-9-16)19-14-26(15-22(19)25(2)3)23(27)21-13-12-18-6-4-5-7-20(18)24-21/h4-13,19,22H,14-15H2,1-3H3. The minimum atomic E-state index is 0.0159. The van der Waals surface area contributed by atoms with Crippen molar-refractivity contribution in [3.8, 4) is 0 Å². The molecule has 4 heteroatoms. The van der Waals surface area contributed by atoms with Gasteiger partial charge in [-0.25, -0.2) is 4.98 Å². The van der Waals surface area contributed by atoms with E-state index >= 15 is 0 Å². The zero-order valence-electron chi connectivity index (χ0n) is 16.1. The number of hydrogen-bond donors (Lipinski definition) is 0. The number of nitrogens with zero attached hydrogens (tertiary/aromatic N) is 3. The molecule has 3 aromatic rings. The van der Waals surface area contributed by atoms with E-state index in [1.165, 1.54) is 11.1 Å². The van der Waals surface area contributed by atoms with Gasteiger partial charge in [-0.05, 0) is 38.7 Å². The predicted octanol–water partition coefficient (Wildman–Crippen LogP) is 3.71. The Labute approximate surface area is 160 Å². The number of para-hydroxylation sites is 1. The molecular weight excluding hydrogens is 334 g/mol. The monoisotopic (exact) mass is 359 g/mol. The summed E-state index contributed by atoms with van der Waals surface area (Å²) in [6, 6.07) is 20.7. The van der Waals surface area contributed by atoms with Crippen LogP contribution in [0.2, 0.25) is 0 Å². The summed E-state index contributed by atoms with van der Waals surface area (Å²) in [6.07, 6.45) is 0. The number of hydrogen-bond acceptors (Lipinski definition) is 3. The van der Waals surface area contributed by atoms with Gasteiger partial charge in [0.1, 0.15) is 5.69 Å². The Balaban J connectivity index is 1.61. The number of amides is 1. The number of benzene rings is 2. The molecule has 2 unspecified atom stereocenters. The summed E-state index contributed by atoms with van der Waals surface area (Å²) >= 11 is 0. The number of carbonyl (C=O) groups is 1. The Morgan fingerprint density at radius 2 is 1.74 bits per heavy atom. The first kappa shape index (κ1) is 17.7. The summed E-state index contributed by atoms with van der Waals surface area (Å²) in [6.45, 7) is 3.54. The number of likely N-dealkylation sites (N-methyl/N-ethyl adjacent to an activating group) is 1. The average molecular weight is 359 g/mol. The third kappa shape index (κ3) is 3.45. The van der Waals surface area contributed by atoms with E-state index in [-0.39, 0.29) is 5.91 Å². The van der Waals surface area contributed by atoms with Crippen LogP contribution in [0.15, 0.2) is 60.7 Å². The summed E-state index contributed by atoms with van der Waals surface area (Å²) in [5.74, 6) is 0.326. The number of pyridine rings is 1. The minimum Gasteiger partial charge on any atom is -0.335 e. The summed E-state index contributed by atoms with van der Waals surface area (Å²) in [7, 11) is 4.18. The fourth-order valence-electron chi connectivity index (χ4n) is 3.96. The van der Waals surface area contributed by atoms with E-state index in [2.05, 4.69) is 55.2 Å². The van der Waals surface area contributed by atoms with Crippen molar-refractivity contribution < 1.29 is 4.79 Å². The van der Waals surface area contributed by atoms with Gasteiger partial charge in [-0.15, -0.1) is 0 Å². The lowest BCUT2D eigenvalue weighted by atomic mass is 9.93. The lowest BCUT2D eigenvalue weighted by molar-refractivity contribution is 0.0777. The van der Waals surface area contributed by atoms with Crippen LogP contribution in [0.1, 0.15) is 27.5 Å². The van der Waals surface area contributed by atoms with Gasteiger partial charge in [0.25, 0.3) is 5.91 Å². The first-order chi connectivity index (χ1) is 13.0. The lowest BCUT2D eigenvalue weighted by Crippen LogP contribution is -2.36. The second-order valence-corrected chi connectivity index (χ2v) is 7.65. The van der Waals surface area contributed by atoms with Crippen molar-refractivity contribution in [2.45, 2.75) is 18.9 Å². The van der Waals surface area contributed by atoms with Crippen LogP contribution in [0.5, 0.6) is 0 Å². The van der Waals surface area contributed by atoms with Gasteiger partial charge in [-0.3, -0.25) is 4.79 Å². The molecule has 1 aliphatic rings. The van der Waals surface area contributed by atoms with Gasteiger partial charge >= 0.3 is 0 Å². The number of likely N-dealkylation sites (tertiary alicyclic amines) is 1. The van der Waals surface area contributed by atoms with E-state index in [9.17, 15) is 4.79 Å². The lowest BCUT2D eigenvalue weighted by Gasteiger charge is -2.25. The third-order valence-electron chi connectivity index (χ3n) is 5.56. The van der Waals surface area contributed by atoms with Crippen molar-refractivity contribution in [2.24, 2.45) is 0 Å². The summed E-state index contributed by atoms with van der Waals surface area (Å²) in [4.78, 5) is 21.9. The summed E-state index contributed by atoms with van der Waals surface area (Å²) < 4.78 is 0. The number of aryl methyl sites for hydroxylation is 1. The molecule has 1 saturated heterocycles. The molecule has 0 spiro atoms. The average Bonchev–Trinajstić information content (AvgIpc) is 3.13. The first-order valence-electron chi connectivity index (χ1n) is 9.41. The fraction of sp³-hybridized carbons (Fsp3) is 0.304. The van der Waals surface area contributed by atoms with Crippen molar-refractivity contribution >= 4 is 16.8 Å². The predicted molar refractivity (Wildman–Crippen MR) is 109 cm³/mol. The van der Waals surface area contributed by atoms with E-state index in [4.69, 9.17) is 0 Å². The molecule has 138 valence electrons. The van der Waals surface area contributed by atoms with E-state index in [1.54, 1.807) is 0 Å². The smallest absolute Gasteiger partial charge is 0.272 e. The fourth-order valence-corrected chi connectivity index (χ4v) is 3.96. The highest BCUT2D eigenvalue weighted by Crippen LogP contribution is 2.31. The van der Waals surface area contributed by atoms with Crippen LogP contribution in [0.25, 0.3) is 10.9 Å². The maximum atomic E-state index is 13.1. The SMILES string of the molecule is Cc1ccc(C2CN(C(=O)c3ccc4ccccc4n3)CC2N(C)C)cc1. The highest BCUT2D eigenvalue weighted by atomic mass is 16.2. The number of carbonyl (C=O) groups excluding carboxylic acids is 1. The zero-order chi connectivity index (χ0) is 19.0. The summed E-state index contributed by atoms with van der Waals surface area (Å²) in [5, 5.41) is 1.05. The van der Waals surface area contributed by atoms with Crippen LogP contribution in [0.4, 0.5) is 0 Å². The molecule has 1 amide bonds. The van der Waals surface area contributed by atoms with Crippen LogP contribution in [-0.4, -0.2) is 53.9 Å². The van der Waals surface area contributed by atoms with Crippen LogP contribution in [0, 0.1) is 6.92 Å². The Bertz CT molecular complexity index is 965. The van der Waals surface area contributed by atoms with Gasteiger partial charge < -0.3 is 9.80 Å². The molecule has 4 nitrogen and oxygen atoms in total. The second-order valence-electron chi connectivity index (χ2n) is 7.65. The molecule has 0 saturated carbocycles. The second kappa shape index (κ2) is 7.12. The minimum absolute atomic E-state index is 0.0159. The molecule has 0 N–H and O–H groups in total. The van der Waals surface area contributed by atoms with Gasteiger partial charge in [0.2, 0.25) is 0 Å². The number of aromatic nitrogens is 1. The van der Waals surface area contributed by atoms with Crippen LogP contribution < -0.4 is 0 Å². The van der Waals surface area contributed by atoms with Gasteiger partial charge in [0.05, 0.1) is 5.52 Å². The van der Waals surface area contributed by atoms with Gasteiger partial charge in [0.15, 0.2) is 0 Å². The molecule has 4 rings (SSSR count). The van der Waals surface area contributed by atoms with Crippen LogP contribution >= 0.6 is 0 Å². The van der Waals surface area contributed by atoms with E-state index < -0.39 is 0 Å². The van der Waals surface area contributed by atoms with Crippen LogP contribution in [0.3, 0.4) is 0 Å². The van der Waals surface area contributed by atoms with Gasteiger partial charge in [0, 0.05) is 30.4 Å². The van der Waals surface area contributed by atoms with Crippen LogP contribution in [-0.2, 0) is 0 Å². The van der Waals surface area contributed by atoms with E-state index in [0.29, 0.717) is 17.7 Å². The van der Waals surface area contributed by atoms with Crippen molar-refractivity contribution in [1.82, 2.24) is 14.8 Å². The maximum Gasteiger partial charge on any atom is 0.272 e. The van der Waals surface area contributed by atoms with Crippen molar-refractivity contribution in [3.63, 3.8) is 0 Å².